The summed E-state index contributed by atoms with van der Waals surface area (Å²) in [6.45, 7) is 13.2. The van der Waals surface area contributed by atoms with Crippen molar-refractivity contribution in [2.75, 3.05) is 6.61 Å². The smallest absolute Gasteiger partial charge is 0.335 e. The molecule has 0 aromatic rings. The number of rotatable bonds is 10. The fourth-order valence-corrected chi connectivity index (χ4v) is 15.0. The van der Waals surface area contributed by atoms with Crippen molar-refractivity contribution >= 4 is 18.2 Å². The van der Waals surface area contributed by atoms with Crippen molar-refractivity contribution in [2.24, 2.45) is 50.2 Å². The van der Waals surface area contributed by atoms with Crippen LogP contribution in [0.15, 0.2) is 11.6 Å². The number of ether oxygens (including phenoxy) is 6. The number of carbonyl (C=O) groups excluding carboxylic acids is 1. The average molecular weight is 971 g/mol. The zero-order chi connectivity index (χ0) is 50.0. The van der Waals surface area contributed by atoms with Gasteiger partial charge in [-0.2, -0.15) is 0 Å². The van der Waals surface area contributed by atoms with Crippen molar-refractivity contribution in [3.05, 3.63) is 11.6 Å². The largest absolute Gasteiger partial charge is 0.481 e. The highest BCUT2D eigenvalue weighted by Crippen LogP contribution is 2.76. The van der Waals surface area contributed by atoms with E-state index in [1.807, 2.05) is 0 Å². The van der Waals surface area contributed by atoms with Crippen LogP contribution in [0, 0.1) is 50.2 Å². The quantitative estimate of drug-likeness (QED) is 0.0778. The van der Waals surface area contributed by atoms with Gasteiger partial charge >= 0.3 is 11.9 Å². The first kappa shape index (κ1) is 52.1. The highest BCUT2D eigenvalue weighted by atomic mass is 16.8. The van der Waals surface area contributed by atoms with Crippen molar-refractivity contribution < 1.29 is 99.0 Å². The number of hydrogen-bond donors (Lipinski definition) is 11. The molecule has 0 bridgehead atoms. The van der Waals surface area contributed by atoms with Gasteiger partial charge in [0.25, 0.3) is 0 Å². The summed E-state index contributed by atoms with van der Waals surface area (Å²) in [5, 5.41) is 119. The highest BCUT2D eigenvalue weighted by molar-refractivity contribution is 5.78. The van der Waals surface area contributed by atoms with Crippen LogP contribution in [-0.2, 0) is 42.8 Å². The molecule has 0 aromatic carbocycles. The molecule has 68 heavy (non-hydrogen) atoms. The van der Waals surface area contributed by atoms with Crippen LogP contribution in [0.4, 0.5) is 0 Å². The molecule has 3 saturated heterocycles. The number of carboxylic acid groups (broad SMARTS) is 2. The molecule has 12 unspecified atom stereocenters. The van der Waals surface area contributed by atoms with Gasteiger partial charge in [0.1, 0.15) is 72.7 Å². The zero-order valence-corrected chi connectivity index (χ0v) is 39.9. The number of allylic oxidation sites excluding steroid dienone is 2. The molecule has 4 saturated carbocycles. The van der Waals surface area contributed by atoms with Crippen LogP contribution < -0.4 is 0 Å². The minimum absolute atomic E-state index is 0.0282. The lowest BCUT2D eigenvalue weighted by Crippen LogP contribution is -2.69. The van der Waals surface area contributed by atoms with E-state index in [1.165, 1.54) is 6.92 Å². The van der Waals surface area contributed by atoms with Crippen LogP contribution in [0.1, 0.15) is 106 Å². The van der Waals surface area contributed by atoms with Crippen molar-refractivity contribution in [1.82, 2.24) is 0 Å². The van der Waals surface area contributed by atoms with E-state index in [1.54, 1.807) is 6.92 Å². The maximum Gasteiger partial charge on any atom is 0.335 e. The van der Waals surface area contributed by atoms with Gasteiger partial charge < -0.3 is 89.4 Å². The van der Waals surface area contributed by atoms with Gasteiger partial charge in [-0.15, -0.1) is 0 Å². The van der Waals surface area contributed by atoms with E-state index in [0.717, 1.165) is 11.9 Å². The maximum atomic E-state index is 13.8. The Morgan fingerprint density at radius 1 is 0.706 bits per heavy atom. The number of aliphatic hydroxyl groups is 9. The third-order valence-corrected chi connectivity index (χ3v) is 19.3. The lowest BCUT2D eigenvalue weighted by atomic mass is 9.33. The van der Waals surface area contributed by atoms with Gasteiger partial charge in [0, 0.05) is 0 Å². The molecule has 5 aliphatic carbocycles. The molecule has 8 rings (SSSR count). The Balaban J connectivity index is 1.13. The summed E-state index contributed by atoms with van der Waals surface area (Å²) < 4.78 is 36.2. The Labute approximate surface area is 395 Å². The molecule has 7 fully saturated rings. The number of carboxylic acids is 2. The van der Waals surface area contributed by atoms with Gasteiger partial charge in [0.15, 0.2) is 25.0 Å². The van der Waals surface area contributed by atoms with E-state index in [2.05, 4.69) is 40.7 Å². The molecule has 20 nitrogen and oxygen atoms in total. The van der Waals surface area contributed by atoms with Gasteiger partial charge in [0.05, 0.1) is 30.3 Å². The minimum Gasteiger partial charge on any atom is -0.481 e. The summed E-state index contributed by atoms with van der Waals surface area (Å²) in [7, 11) is 0. The number of carbonyl (C=O) groups is 3. The molecule has 3 heterocycles. The summed E-state index contributed by atoms with van der Waals surface area (Å²) in [6, 6.07) is 0. The van der Waals surface area contributed by atoms with Crippen molar-refractivity contribution in [1.29, 1.82) is 0 Å². The first-order chi connectivity index (χ1) is 31.7. The van der Waals surface area contributed by atoms with E-state index in [0.29, 0.717) is 44.9 Å². The second kappa shape index (κ2) is 18.0. The molecular formula is C48H74O20. The molecule has 0 spiro atoms. The molecule has 0 aromatic heterocycles. The van der Waals surface area contributed by atoms with Crippen LogP contribution >= 0.6 is 0 Å². The van der Waals surface area contributed by atoms with Crippen LogP contribution in [0.25, 0.3) is 0 Å². The Morgan fingerprint density at radius 3 is 1.96 bits per heavy atom. The van der Waals surface area contributed by atoms with E-state index >= 15 is 0 Å². The molecule has 8 aliphatic rings. The van der Waals surface area contributed by atoms with Gasteiger partial charge in [0.2, 0.25) is 0 Å². The van der Waals surface area contributed by atoms with E-state index < -0.39 is 150 Å². The van der Waals surface area contributed by atoms with Crippen molar-refractivity contribution in [2.45, 2.75) is 211 Å². The number of aliphatic hydroxyl groups excluding tert-OH is 9. The average Bonchev–Trinajstić information content (AvgIpc) is 3.27. The Kier molecular flexibility index (Phi) is 13.8. The summed E-state index contributed by atoms with van der Waals surface area (Å²) in [6.07, 6.45) is -21.9. The molecule has 20 heteroatoms. The van der Waals surface area contributed by atoms with Gasteiger partial charge in [-0.1, -0.05) is 53.2 Å². The monoisotopic (exact) mass is 970 g/mol. The van der Waals surface area contributed by atoms with E-state index in [9.17, 15) is 70.6 Å². The number of hydrogen-bond acceptors (Lipinski definition) is 18. The first-order valence-corrected chi connectivity index (χ1v) is 24.3. The molecule has 386 valence electrons. The standard InChI is InChI=1S/C48H74O20/c1-20-28(52)30(54)32(56)39(63-20)66-35-34(58)36(38(59)60)67-41(37(35)68-40-33(57)31(55)29(53)23(18-49)64-40)65-27-11-12-44(4)24(45(27,5)19-50)10-13-46(6)25(44)9-8-21-22-16-43(2,3)14-15-48(22,42(61)62)26(51)17-47(21,46)7/h8,19-20,22-37,39-41,49,51-58H,9-18H2,1-7H3,(H,59,60)(H,61,62)/t20-,22?,23?,24?,25?,26+,27-,28-,29-,30?,31?,32?,33-,34-,35?,36?,37?,39-,40-,41+,44?,45+,46+,47?,48+/m0/s1. The fraction of sp³-hybridized carbons (Fsp3) is 0.896. The second-order valence-electron chi connectivity index (χ2n) is 23.3. The molecular weight excluding hydrogens is 897 g/mol. The predicted octanol–water partition coefficient (Wildman–Crippen LogP) is -0.0241. The predicted molar refractivity (Wildman–Crippen MR) is 231 cm³/mol. The summed E-state index contributed by atoms with van der Waals surface area (Å²) >= 11 is 0. The van der Waals surface area contributed by atoms with Crippen molar-refractivity contribution in [3.63, 3.8) is 0 Å². The summed E-state index contributed by atoms with van der Waals surface area (Å²) in [5.74, 6) is -3.37. The van der Waals surface area contributed by atoms with Crippen molar-refractivity contribution in [3.8, 4) is 0 Å². The van der Waals surface area contributed by atoms with Crippen LogP contribution in [0.5, 0.6) is 0 Å². The van der Waals surface area contributed by atoms with Gasteiger partial charge in [-0.05, 0) is 104 Å². The van der Waals surface area contributed by atoms with Crippen LogP contribution in [-0.4, -0.2) is 185 Å². The SMILES string of the molecule is C[C@@H]1O[C@@H](OC2C(O[C@@H]3OC(CO)[C@H](O)C(O)[C@@H]3O)[C@H](O[C@H]3CCC4(C)C(CC[C@]5(C)C4CC=C4C6CC(C)(C)CC[C@]6(C(=O)O)[C@H](O)CC45C)[C@@]3(C)C=O)OC(C(=O)O)[C@H]2O)C(O)C(O)[C@H]1O. The number of aliphatic carboxylic acids is 2. The third-order valence-electron chi connectivity index (χ3n) is 19.3. The van der Waals surface area contributed by atoms with Crippen LogP contribution in [0.3, 0.4) is 0 Å². The lowest BCUT2D eigenvalue weighted by Gasteiger charge is -2.71. The number of fused-ring (bicyclic) bond motifs is 7. The highest BCUT2D eigenvalue weighted by Gasteiger charge is 2.72. The molecule has 3 aliphatic heterocycles. The normalized spacial score (nSPS) is 54.5. The second-order valence-corrected chi connectivity index (χ2v) is 23.3. The maximum absolute atomic E-state index is 13.8. The number of aldehydes is 1. The fourth-order valence-electron chi connectivity index (χ4n) is 15.0. The Bertz CT molecular complexity index is 1950. The first-order valence-electron chi connectivity index (χ1n) is 24.3. The van der Waals surface area contributed by atoms with E-state index in [4.69, 9.17) is 28.4 Å². The molecule has 0 radical (unpaired) electrons. The van der Waals surface area contributed by atoms with Gasteiger partial charge in [-0.25, -0.2) is 4.79 Å². The van der Waals surface area contributed by atoms with Gasteiger partial charge in [-0.3, -0.25) is 4.79 Å². The van der Waals surface area contributed by atoms with E-state index in [-0.39, 0.29) is 36.0 Å². The zero-order valence-electron chi connectivity index (χ0n) is 39.9. The summed E-state index contributed by atoms with van der Waals surface area (Å²) in [4.78, 5) is 39.9. The van der Waals surface area contributed by atoms with Crippen LogP contribution in [0.2, 0.25) is 0 Å². The lowest BCUT2D eigenvalue weighted by molar-refractivity contribution is -0.394. The molecule has 11 N–H and O–H groups in total. The topological polar surface area (TPSA) is 329 Å². The third kappa shape index (κ3) is 7.77. The summed E-state index contributed by atoms with van der Waals surface area (Å²) in [5.41, 5.74) is -3.12. The minimum atomic E-state index is -2.15. The Hall–Kier alpha value is -2.25. The molecule has 25 atom stereocenters. The molecule has 0 amide bonds. The Morgan fingerprint density at radius 2 is 1.34 bits per heavy atom.